The number of amides is 1. The minimum Gasteiger partial charge on any atom is -0.353 e. The summed E-state index contributed by atoms with van der Waals surface area (Å²) in [6.45, 7) is 4.95. The molecule has 0 unspecified atom stereocenters. The highest BCUT2D eigenvalue weighted by Gasteiger charge is 1.93. The average molecular weight is 198 g/mol. The second-order valence-electron chi connectivity index (χ2n) is 3.41. The molecule has 0 aliphatic rings. The van der Waals surface area contributed by atoms with Gasteiger partial charge in [0.1, 0.15) is 0 Å². The molecule has 0 aromatic carbocycles. The van der Waals surface area contributed by atoms with Gasteiger partial charge in [-0.3, -0.25) is 4.79 Å². The molecule has 0 aliphatic carbocycles. The van der Waals surface area contributed by atoms with E-state index in [1.165, 1.54) is 31.8 Å². The van der Waals surface area contributed by atoms with E-state index in [4.69, 9.17) is 5.73 Å². The van der Waals surface area contributed by atoms with Crippen LogP contribution in [0, 0.1) is 0 Å². The SMILES string of the molecule is C=CC(=O)NCCCCCCCCN. The molecule has 1 amide bonds. The Hall–Kier alpha value is -0.830. The first-order valence-corrected chi connectivity index (χ1v) is 5.41. The molecule has 0 bridgehead atoms. The molecule has 0 spiro atoms. The minimum atomic E-state index is -0.0758. The molecule has 14 heavy (non-hydrogen) atoms. The second kappa shape index (κ2) is 10.3. The average Bonchev–Trinajstić information content (AvgIpc) is 2.21. The van der Waals surface area contributed by atoms with Crippen LogP contribution >= 0.6 is 0 Å². The zero-order chi connectivity index (χ0) is 10.6. The summed E-state index contributed by atoms with van der Waals surface area (Å²) >= 11 is 0. The predicted molar refractivity (Wildman–Crippen MR) is 60.0 cm³/mol. The van der Waals surface area contributed by atoms with Gasteiger partial charge in [-0.1, -0.05) is 32.3 Å². The summed E-state index contributed by atoms with van der Waals surface area (Å²) in [7, 11) is 0. The van der Waals surface area contributed by atoms with Gasteiger partial charge in [0.05, 0.1) is 0 Å². The fourth-order valence-electron chi connectivity index (χ4n) is 1.26. The Morgan fingerprint density at radius 1 is 1.14 bits per heavy atom. The number of carbonyl (C=O) groups excluding carboxylic acids is 1. The Kier molecular flexibility index (Phi) is 9.64. The molecule has 0 atom stereocenters. The smallest absolute Gasteiger partial charge is 0.243 e. The Bertz CT molecular complexity index is 157. The maximum absolute atomic E-state index is 10.7. The lowest BCUT2D eigenvalue weighted by molar-refractivity contribution is -0.116. The van der Waals surface area contributed by atoms with Crippen molar-refractivity contribution in [3.8, 4) is 0 Å². The third-order valence-electron chi connectivity index (χ3n) is 2.12. The van der Waals surface area contributed by atoms with Crippen LogP contribution in [0.3, 0.4) is 0 Å². The van der Waals surface area contributed by atoms with Crippen LogP contribution in [-0.2, 0) is 4.79 Å². The zero-order valence-electron chi connectivity index (χ0n) is 8.93. The third-order valence-corrected chi connectivity index (χ3v) is 2.12. The molecule has 0 radical (unpaired) electrons. The minimum absolute atomic E-state index is 0.0758. The number of carbonyl (C=O) groups is 1. The molecule has 0 saturated heterocycles. The van der Waals surface area contributed by atoms with Crippen molar-refractivity contribution in [2.45, 2.75) is 38.5 Å². The van der Waals surface area contributed by atoms with E-state index < -0.39 is 0 Å². The molecule has 0 rings (SSSR count). The van der Waals surface area contributed by atoms with Gasteiger partial charge in [-0.25, -0.2) is 0 Å². The first-order chi connectivity index (χ1) is 6.81. The van der Waals surface area contributed by atoms with Crippen LogP contribution in [0.4, 0.5) is 0 Å². The van der Waals surface area contributed by atoms with E-state index in [1.807, 2.05) is 0 Å². The molecular weight excluding hydrogens is 176 g/mol. The van der Waals surface area contributed by atoms with Crippen molar-refractivity contribution in [3.05, 3.63) is 12.7 Å². The standard InChI is InChI=1S/C11H22N2O/c1-2-11(14)13-10-8-6-4-3-5-7-9-12/h2H,1,3-10,12H2,(H,13,14). The molecule has 3 nitrogen and oxygen atoms in total. The first kappa shape index (κ1) is 13.2. The van der Waals surface area contributed by atoms with Crippen LogP contribution in [0.5, 0.6) is 0 Å². The van der Waals surface area contributed by atoms with Gasteiger partial charge in [0, 0.05) is 6.54 Å². The van der Waals surface area contributed by atoms with Gasteiger partial charge in [-0.2, -0.15) is 0 Å². The lowest BCUT2D eigenvalue weighted by Gasteiger charge is -2.02. The molecule has 0 aromatic heterocycles. The summed E-state index contributed by atoms with van der Waals surface area (Å²) in [5.41, 5.74) is 5.38. The molecule has 3 heteroatoms. The molecule has 0 fully saturated rings. The van der Waals surface area contributed by atoms with Crippen molar-refractivity contribution in [3.63, 3.8) is 0 Å². The van der Waals surface area contributed by atoms with Crippen LogP contribution in [0.2, 0.25) is 0 Å². The molecule has 82 valence electrons. The summed E-state index contributed by atoms with van der Waals surface area (Å²) < 4.78 is 0. The Morgan fingerprint density at radius 3 is 2.29 bits per heavy atom. The number of nitrogens with one attached hydrogen (secondary N) is 1. The number of unbranched alkanes of at least 4 members (excludes halogenated alkanes) is 5. The predicted octanol–water partition coefficient (Wildman–Crippen LogP) is 1.59. The van der Waals surface area contributed by atoms with E-state index in [2.05, 4.69) is 11.9 Å². The highest BCUT2D eigenvalue weighted by Crippen LogP contribution is 2.03. The fourth-order valence-corrected chi connectivity index (χ4v) is 1.26. The lowest BCUT2D eigenvalue weighted by atomic mass is 10.1. The molecule has 3 N–H and O–H groups in total. The van der Waals surface area contributed by atoms with E-state index in [0.717, 1.165) is 25.9 Å². The Balaban J connectivity index is 2.99. The van der Waals surface area contributed by atoms with Crippen LogP contribution < -0.4 is 11.1 Å². The number of nitrogens with two attached hydrogens (primary N) is 1. The Labute approximate surface area is 86.8 Å². The van der Waals surface area contributed by atoms with Gasteiger partial charge in [0.15, 0.2) is 0 Å². The van der Waals surface area contributed by atoms with Gasteiger partial charge in [0.2, 0.25) is 5.91 Å². The molecular formula is C11H22N2O. The van der Waals surface area contributed by atoms with Crippen molar-refractivity contribution in [2.24, 2.45) is 5.73 Å². The number of hydrogen-bond donors (Lipinski definition) is 2. The van der Waals surface area contributed by atoms with Crippen LogP contribution in [-0.4, -0.2) is 19.0 Å². The molecule has 0 saturated carbocycles. The second-order valence-corrected chi connectivity index (χ2v) is 3.41. The van der Waals surface area contributed by atoms with E-state index >= 15 is 0 Å². The first-order valence-electron chi connectivity index (χ1n) is 5.41. The summed E-state index contributed by atoms with van der Waals surface area (Å²) in [4.78, 5) is 10.7. The van der Waals surface area contributed by atoms with Gasteiger partial charge >= 0.3 is 0 Å². The van der Waals surface area contributed by atoms with Gasteiger partial charge in [0.25, 0.3) is 0 Å². The molecule has 0 aromatic rings. The highest BCUT2D eigenvalue weighted by molar-refractivity contribution is 5.86. The van der Waals surface area contributed by atoms with Crippen molar-refractivity contribution < 1.29 is 4.79 Å². The fraction of sp³-hybridized carbons (Fsp3) is 0.727. The quantitative estimate of drug-likeness (QED) is 0.436. The van der Waals surface area contributed by atoms with E-state index in [0.29, 0.717) is 0 Å². The lowest BCUT2D eigenvalue weighted by Crippen LogP contribution is -2.21. The largest absolute Gasteiger partial charge is 0.353 e. The summed E-state index contributed by atoms with van der Waals surface area (Å²) in [6.07, 6.45) is 8.41. The zero-order valence-corrected chi connectivity index (χ0v) is 8.93. The summed E-state index contributed by atoms with van der Waals surface area (Å²) in [5.74, 6) is -0.0758. The van der Waals surface area contributed by atoms with Crippen LogP contribution in [0.1, 0.15) is 38.5 Å². The number of hydrogen-bond acceptors (Lipinski definition) is 2. The van der Waals surface area contributed by atoms with E-state index in [1.54, 1.807) is 0 Å². The van der Waals surface area contributed by atoms with E-state index in [9.17, 15) is 4.79 Å². The monoisotopic (exact) mass is 198 g/mol. The van der Waals surface area contributed by atoms with Crippen molar-refractivity contribution in [2.75, 3.05) is 13.1 Å². The Morgan fingerprint density at radius 2 is 1.71 bits per heavy atom. The van der Waals surface area contributed by atoms with Crippen molar-refractivity contribution in [1.29, 1.82) is 0 Å². The van der Waals surface area contributed by atoms with Gasteiger partial charge in [-0.15, -0.1) is 0 Å². The topological polar surface area (TPSA) is 55.1 Å². The van der Waals surface area contributed by atoms with Crippen LogP contribution in [0.15, 0.2) is 12.7 Å². The van der Waals surface area contributed by atoms with E-state index in [-0.39, 0.29) is 5.91 Å². The summed E-state index contributed by atoms with van der Waals surface area (Å²) in [6, 6.07) is 0. The molecule has 0 aliphatic heterocycles. The van der Waals surface area contributed by atoms with Crippen LogP contribution in [0.25, 0.3) is 0 Å². The van der Waals surface area contributed by atoms with Gasteiger partial charge in [-0.05, 0) is 25.5 Å². The van der Waals surface area contributed by atoms with Crippen molar-refractivity contribution in [1.82, 2.24) is 5.32 Å². The highest BCUT2D eigenvalue weighted by atomic mass is 16.1. The van der Waals surface area contributed by atoms with Crippen molar-refractivity contribution >= 4 is 5.91 Å². The van der Waals surface area contributed by atoms with Gasteiger partial charge < -0.3 is 11.1 Å². The third kappa shape index (κ3) is 9.26. The summed E-state index contributed by atoms with van der Waals surface area (Å²) in [5, 5.41) is 2.76. The maximum Gasteiger partial charge on any atom is 0.243 e. The normalized spacial score (nSPS) is 9.79. The number of rotatable bonds is 9. The molecule has 0 heterocycles. The maximum atomic E-state index is 10.7.